The molecule has 2 aromatic carbocycles. The summed E-state index contributed by atoms with van der Waals surface area (Å²) in [7, 11) is 0. The molecule has 1 fully saturated rings. The maximum atomic E-state index is 13.6. The molecule has 8 nitrogen and oxygen atoms in total. The van der Waals surface area contributed by atoms with Crippen molar-refractivity contribution >= 4 is 46.8 Å². The topological polar surface area (TPSA) is 119 Å². The van der Waals surface area contributed by atoms with Crippen LogP contribution < -0.4 is 11.1 Å². The molecule has 0 aliphatic carbocycles. The van der Waals surface area contributed by atoms with Crippen LogP contribution in [0.1, 0.15) is 22.1 Å². The summed E-state index contributed by atoms with van der Waals surface area (Å²) in [6.07, 6.45) is -0.600. The van der Waals surface area contributed by atoms with Crippen molar-refractivity contribution in [3.8, 4) is 0 Å². The summed E-state index contributed by atoms with van der Waals surface area (Å²) < 4.78 is 5.95. The van der Waals surface area contributed by atoms with E-state index in [0.717, 1.165) is 16.0 Å². The number of rotatable bonds is 8. The fourth-order valence-electron chi connectivity index (χ4n) is 4.39. The molecule has 2 aliphatic rings. The maximum absolute atomic E-state index is 13.6. The third-order valence-corrected chi connectivity index (χ3v) is 8.21. The number of benzene rings is 2. The lowest BCUT2D eigenvalue weighted by Gasteiger charge is -2.51. The highest BCUT2D eigenvalue weighted by Gasteiger charge is 2.57. The monoisotopic (exact) mass is 533 g/mol. The number of thioether (sulfide) groups is 1. The van der Waals surface area contributed by atoms with Crippen LogP contribution in [0.25, 0.3) is 0 Å². The van der Waals surface area contributed by atoms with Crippen LogP contribution in [-0.4, -0.2) is 46.0 Å². The molecule has 188 valence electrons. The number of amides is 3. The summed E-state index contributed by atoms with van der Waals surface area (Å²) in [6.45, 7) is 0. The van der Waals surface area contributed by atoms with Crippen molar-refractivity contribution in [3.63, 3.8) is 0 Å². The van der Waals surface area contributed by atoms with Gasteiger partial charge in [-0.2, -0.15) is 0 Å². The minimum absolute atomic E-state index is 0.0252. The molecular weight excluding hydrogens is 510 g/mol. The molecule has 5 rings (SSSR count). The van der Waals surface area contributed by atoms with Crippen molar-refractivity contribution in [2.24, 2.45) is 5.73 Å². The molecule has 10 heteroatoms. The summed E-state index contributed by atoms with van der Waals surface area (Å²) in [5.41, 5.74) is 7.03. The Balaban J connectivity index is 1.38. The molecule has 37 heavy (non-hydrogen) atoms. The average molecular weight is 534 g/mol. The fourth-order valence-corrected chi connectivity index (χ4v) is 6.32. The van der Waals surface area contributed by atoms with Gasteiger partial charge in [-0.1, -0.05) is 66.7 Å². The van der Waals surface area contributed by atoms with Crippen LogP contribution in [0.15, 0.2) is 89.2 Å². The van der Waals surface area contributed by atoms with E-state index in [0.29, 0.717) is 0 Å². The van der Waals surface area contributed by atoms with E-state index in [2.05, 4.69) is 5.32 Å². The van der Waals surface area contributed by atoms with Crippen LogP contribution in [0.5, 0.6) is 0 Å². The van der Waals surface area contributed by atoms with Gasteiger partial charge in [-0.25, -0.2) is 4.79 Å². The van der Waals surface area contributed by atoms with Gasteiger partial charge in [-0.05, 0) is 28.0 Å². The molecule has 3 heterocycles. The van der Waals surface area contributed by atoms with Gasteiger partial charge in [0.2, 0.25) is 17.7 Å². The molecular formula is C27H23N3O5S2. The lowest BCUT2D eigenvalue weighted by Crippen LogP contribution is -2.74. The third kappa shape index (κ3) is 5.03. The second-order valence-corrected chi connectivity index (χ2v) is 10.6. The Hall–Kier alpha value is -3.89. The van der Waals surface area contributed by atoms with Gasteiger partial charge in [0.15, 0.2) is 12.1 Å². The summed E-state index contributed by atoms with van der Waals surface area (Å²) in [5, 5.41) is 5.56. The van der Waals surface area contributed by atoms with E-state index < -0.39 is 41.3 Å². The summed E-state index contributed by atoms with van der Waals surface area (Å²) in [5.74, 6) is -2.36. The molecule has 2 unspecified atom stereocenters. The predicted molar refractivity (Wildman–Crippen MR) is 140 cm³/mol. The Kier molecular flexibility index (Phi) is 7.11. The van der Waals surface area contributed by atoms with Crippen LogP contribution in [0.4, 0.5) is 0 Å². The van der Waals surface area contributed by atoms with Crippen LogP contribution in [0.2, 0.25) is 0 Å². The van der Waals surface area contributed by atoms with Gasteiger partial charge in [-0.15, -0.1) is 23.1 Å². The number of ether oxygens (including phenoxy) is 1. The van der Waals surface area contributed by atoms with E-state index in [1.54, 1.807) is 0 Å². The first kappa shape index (κ1) is 24.8. The number of hydrogen-bond donors (Lipinski definition) is 2. The number of nitrogens with one attached hydrogen (secondary N) is 1. The number of nitrogens with two attached hydrogens (primary N) is 1. The highest BCUT2D eigenvalue weighted by molar-refractivity contribution is 8.03. The van der Waals surface area contributed by atoms with Gasteiger partial charge >= 0.3 is 5.97 Å². The van der Waals surface area contributed by atoms with Crippen LogP contribution in [-0.2, 0) is 30.3 Å². The summed E-state index contributed by atoms with van der Waals surface area (Å²) >= 11 is 2.62. The van der Waals surface area contributed by atoms with E-state index in [1.165, 1.54) is 33.4 Å². The average Bonchev–Trinajstić information content (AvgIpc) is 3.43. The number of thiophene rings is 1. The maximum Gasteiger partial charge on any atom is 0.334 e. The van der Waals surface area contributed by atoms with Gasteiger partial charge in [-0.3, -0.25) is 14.4 Å². The second-order valence-electron chi connectivity index (χ2n) is 8.55. The molecule has 3 amide bonds. The van der Waals surface area contributed by atoms with Crippen LogP contribution >= 0.6 is 23.1 Å². The number of nitrogens with zero attached hydrogens (tertiary/aromatic N) is 1. The molecule has 0 saturated carbocycles. The van der Waals surface area contributed by atoms with Crippen LogP contribution in [0.3, 0.4) is 0 Å². The zero-order valence-electron chi connectivity index (χ0n) is 19.5. The number of β-lactam (4-membered cyclic amide) rings is 1. The zero-order valence-corrected chi connectivity index (χ0v) is 21.1. The predicted octanol–water partition coefficient (Wildman–Crippen LogP) is 2.76. The number of fused-ring (bicyclic) bond motifs is 1. The zero-order chi connectivity index (χ0) is 25.9. The normalized spacial score (nSPS) is 20.5. The van der Waals surface area contributed by atoms with E-state index in [9.17, 15) is 19.2 Å². The molecule has 3 atom stereocenters. The highest BCUT2D eigenvalue weighted by Crippen LogP contribution is 2.41. The van der Waals surface area contributed by atoms with Crippen LogP contribution in [0, 0.1) is 0 Å². The number of esters is 1. The van der Waals surface area contributed by atoms with Crippen molar-refractivity contribution in [2.75, 3.05) is 0 Å². The van der Waals surface area contributed by atoms with Crippen molar-refractivity contribution in [3.05, 3.63) is 105 Å². The Morgan fingerprint density at radius 1 is 0.973 bits per heavy atom. The van der Waals surface area contributed by atoms with E-state index in [1.807, 2.05) is 78.2 Å². The lowest BCUT2D eigenvalue weighted by atomic mass is 9.96. The first-order chi connectivity index (χ1) is 17.9. The lowest BCUT2D eigenvalue weighted by molar-refractivity contribution is -0.165. The van der Waals surface area contributed by atoms with E-state index >= 15 is 0 Å². The second kappa shape index (κ2) is 10.6. The van der Waals surface area contributed by atoms with Gasteiger partial charge in [0, 0.05) is 4.88 Å². The minimum atomic E-state index is -1.31. The van der Waals surface area contributed by atoms with E-state index in [4.69, 9.17) is 10.5 Å². The minimum Gasteiger partial charge on any atom is -0.451 e. The number of hydrogen-bond acceptors (Lipinski definition) is 7. The molecule has 0 spiro atoms. The molecule has 0 bridgehead atoms. The molecule has 1 aromatic heterocycles. The third-order valence-electron chi connectivity index (χ3n) is 6.16. The summed E-state index contributed by atoms with van der Waals surface area (Å²) in [6, 6.07) is 20.0. The largest absolute Gasteiger partial charge is 0.451 e. The molecule has 3 N–H and O–H groups in total. The van der Waals surface area contributed by atoms with Crippen molar-refractivity contribution in [1.29, 1.82) is 0 Å². The Morgan fingerprint density at radius 2 is 1.62 bits per heavy atom. The SMILES string of the molecule is NC(=O)C1=CS[C@H]2C(NC(=O)Cc3cccs3)C(=O)N2C1C(=O)OC(c1ccccc1)c1ccccc1. The van der Waals surface area contributed by atoms with Crippen molar-refractivity contribution < 1.29 is 23.9 Å². The standard InChI is InChI=1S/C27H23N3O5S2/c28-24(32)19-15-37-26-21(29-20(31)14-18-12-7-13-36-18)25(33)30(26)22(19)27(34)35-23(16-8-3-1-4-9-16)17-10-5-2-6-11-17/h1-13,15,21-23,26H,14H2,(H2,28,32)(H,29,31)/t21?,22?,26-/m0/s1. The Morgan fingerprint density at radius 3 is 2.19 bits per heavy atom. The molecule has 1 saturated heterocycles. The molecule has 3 aromatic rings. The molecule has 0 radical (unpaired) electrons. The van der Waals surface area contributed by atoms with Gasteiger partial charge in [0.1, 0.15) is 11.4 Å². The number of carbonyl (C=O) groups excluding carboxylic acids is 4. The quantitative estimate of drug-likeness (QED) is 0.340. The smallest absolute Gasteiger partial charge is 0.334 e. The fraction of sp³-hybridized carbons (Fsp3) is 0.185. The summed E-state index contributed by atoms with van der Waals surface area (Å²) in [4.78, 5) is 53.7. The van der Waals surface area contributed by atoms with E-state index in [-0.39, 0.29) is 17.9 Å². The first-order valence-corrected chi connectivity index (χ1v) is 13.4. The Bertz CT molecular complexity index is 1310. The van der Waals surface area contributed by atoms with Crippen molar-refractivity contribution in [1.82, 2.24) is 10.2 Å². The first-order valence-electron chi connectivity index (χ1n) is 11.5. The van der Waals surface area contributed by atoms with Gasteiger partial charge in [0.25, 0.3) is 0 Å². The highest BCUT2D eigenvalue weighted by atomic mass is 32.2. The van der Waals surface area contributed by atoms with Gasteiger partial charge in [0.05, 0.1) is 12.0 Å². The Labute approximate surface area is 221 Å². The molecule has 2 aliphatic heterocycles. The number of carbonyl (C=O) groups is 4. The van der Waals surface area contributed by atoms with Crippen molar-refractivity contribution in [2.45, 2.75) is 30.0 Å². The number of primary amides is 1. The van der Waals surface area contributed by atoms with Gasteiger partial charge < -0.3 is 20.7 Å².